The molecular weight excluding hydrogens is 205 g/mol. The van der Waals surface area contributed by atoms with Crippen molar-refractivity contribution in [1.29, 1.82) is 0 Å². The highest BCUT2D eigenvalue weighted by molar-refractivity contribution is 7.80. The second kappa shape index (κ2) is 5.70. The lowest BCUT2D eigenvalue weighted by Crippen LogP contribution is -2.47. The summed E-state index contributed by atoms with van der Waals surface area (Å²) in [5.41, 5.74) is 0. The molecule has 0 aliphatic rings. The second-order valence-corrected chi connectivity index (χ2v) is 3.17. The molecule has 0 fully saturated rings. The van der Waals surface area contributed by atoms with Gasteiger partial charge in [-0.1, -0.05) is 25.2 Å². The van der Waals surface area contributed by atoms with Crippen LogP contribution in [0.1, 0.15) is 20.3 Å². The summed E-state index contributed by atoms with van der Waals surface area (Å²) in [5, 5.41) is 0. The van der Waals surface area contributed by atoms with E-state index in [-0.39, 0.29) is 6.54 Å². The van der Waals surface area contributed by atoms with Gasteiger partial charge in [0.05, 0.1) is 4.99 Å². The van der Waals surface area contributed by atoms with Crippen molar-refractivity contribution in [3.63, 3.8) is 0 Å². The molecule has 0 aromatic rings. The predicted molar refractivity (Wildman–Crippen MR) is 56.1 cm³/mol. The molecule has 0 N–H and O–H groups in total. The summed E-state index contributed by atoms with van der Waals surface area (Å²) >= 11 is 4.93. The molecule has 0 aromatic heterocycles. The van der Waals surface area contributed by atoms with Gasteiger partial charge in [-0.15, -0.1) is 6.58 Å². The van der Waals surface area contributed by atoms with Gasteiger partial charge in [-0.2, -0.15) is 4.39 Å². The third-order valence-corrected chi connectivity index (χ3v) is 2.13. The van der Waals surface area contributed by atoms with Crippen LogP contribution in [-0.2, 0) is 9.53 Å². The number of hydrogen-bond acceptors (Lipinski definition) is 3. The van der Waals surface area contributed by atoms with Crippen LogP contribution in [0, 0.1) is 0 Å². The molecule has 1 unspecified atom stereocenters. The van der Waals surface area contributed by atoms with Gasteiger partial charge in [0.2, 0.25) is 0 Å². The van der Waals surface area contributed by atoms with Crippen molar-refractivity contribution >= 4 is 23.7 Å². The molecule has 0 rings (SSSR count). The smallest absolute Gasteiger partial charge is 0.401 e. The number of halogens is 1. The van der Waals surface area contributed by atoms with Crippen LogP contribution in [0.25, 0.3) is 0 Å². The van der Waals surface area contributed by atoms with Crippen LogP contribution in [0.3, 0.4) is 0 Å². The Labute approximate surface area is 88.5 Å². The molecule has 0 saturated carbocycles. The Balaban J connectivity index is 4.69. The quantitative estimate of drug-likeness (QED) is 0.295. The maximum atomic E-state index is 13.7. The minimum Gasteiger partial charge on any atom is -0.401 e. The lowest BCUT2D eigenvalue weighted by molar-refractivity contribution is -0.146. The van der Waals surface area contributed by atoms with E-state index in [1.165, 1.54) is 6.08 Å². The molecular formula is C9H13FNO2S. The molecule has 0 heterocycles. The second-order valence-electron chi connectivity index (χ2n) is 2.70. The molecule has 3 nitrogen and oxygen atoms in total. The Morgan fingerprint density at radius 2 is 2.43 bits per heavy atom. The Bertz CT molecular complexity index is 231. The normalized spacial score (nSPS) is 13.9. The van der Waals surface area contributed by atoms with Crippen LogP contribution in [0.5, 0.6) is 0 Å². The van der Waals surface area contributed by atoms with Gasteiger partial charge in [-0.05, 0) is 6.42 Å². The van der Waals surface area contributed by atoms with Crippen molar-refractivity contribution in [1.82, 2.24) is 4.90 Å². The van der Waals surface area contributed by atoms with Crippen molar-refractivity contribution in [3.05, 3.63) is 12.7 Å². The van der Waals surface area contributed by atoms with E-state index in [1.54, 1.807) is 6.92 Å². The fraction of sp³-hybridized carbons (Fsp3) is 0.556. The molecule has 79 valence electrons. The molecule has 0 amide bonds. The molecule has 0 saturated heterocycles. The summed E-state index contributed by atoms with van der Waals surface area (Å²) in [4.78, 5) is 11.5. The van der Waals surface area contributed by atoms with Gasteiger partial charge >= 0.3 is 12.5 Å². The fourth-order valence-corrected chi connectivity index (χ4v) is 1.18. The first kappa shape index (κ1) is 13.0. The summed E-state index contributed by atoms with van der Waals surface area (Å²) < 4.78 is 17.9. The average molecular weight is 218 g/mol. The average Bonchev–Trinajstić information content (AvgIpc) is 2.12. The first-order valence-corrected chi connectivity index (χ1v) is 4.55. The molecule has 0 aromatic carbocycles. The summed E-state index contributed by atoms with van der Waals surface area (Å²) in [6, 6.07) is 0. The van der Waals surface area contributed by atoms with Crippen molar-refractivity contribution in [2.75, 3.05) is 6.54 Å². The van der Waals surface area contributed by atoms with Crippen LogP contribution in [0.2, 0.25) is 0 Å². The van der Waals surface area contributed by atoms with Crippen LogP contribution >= 0.6 is 12.2 Å². The minimum atomic E-state index is -2.26. The van der Waals surface area contributed by atoms with Gasteiger partial charge < -0.3 is 4.74 Å². The maximum Gasteiger partial charge on any atom is 0.421 e. The van der Waals surface area contributed by atoms with Crippen LogP contribution in [0.15, 0.2) is 12.7 Å². The topological polar surface area (TPSA) is 29.5 Å². The molecule has 0 bridgehead atoms. The first-order chi connectivity index (χ1) is 6.49. The van der Waals surface area contributed by atoms with Crippen LogP contribution < -0.4 is 0 Å². The van der Waals surface area contributed by atoms with Gasteiger partial charge in [0.15, 0.2) is 0 Å². The molecule has 14 heavy (non-hydrogen) atoms. The number of rotatable bonds is 6. The van der Waals surface area contributed by atoms with Gasteiger partial charge in [0.1, 0.15) is 0 Å². The van der Waals surface area contributed by atoms with Crippen molar-refractivity contribution in [2.24, 2.45) is 0 Å². The lowest BCUT2D eigenvalue weighted by atomic mass is 10.3. The summed E-state index contributed by atoms with van der Waals surface area (Å²) in [6.45, 7) is 7.61. The number of ether oxygens (including phenoxy) is 1. The molecule has 0 aliphatic heterocycles. The zero-order valence-electron chi connectivity index (χ0n) is 8.25. The zero-order valence-corrected chi connectivity index (χ0v) is 9.07. The highest BCUT2D eigenvalue weighted by Crippen LogP contribution is 2.19. The Kier molecular flexibility index (Phi) is 5.30. The van der Waals surface area contributed by atoms with E-state index in [2.05, 4.69) is 11.3 Å². The van der Waals surface area contributed by atoms with Crippen LogP contribution in [-0.4, -0.2) is 28.9 Å². The Morgan fingerprint density at radius 3 is 2.79 bits per heavy atom. The number of thiocarbonyl (C=S) groups is 1. The van der Waals surface area contributed by atoms with Crippen LogP contribution in [0.4, 0.5) is 4.39 Å². The van der Waals surface area contributed by atoms with Gasteiger partial charge in [-0.25, -0.2) is 4.79 Å². The molecule has 1 radical (unpaired) electrons. The van der Waals surface area contributed by atoms with E-state index >= 15 is 0 Å². The molecule has 5 heteroatoms. The third kappa shape index (κ3) is 3.41. The number of alkyl halides is 1. The number of carbonyl (C=O) groups excluding carboxylic acids is 1. The van der Waals surface area contributed by atoms with E-state index in [0.29, 0.717) is 11.4 Å². The highest BCUT2D eigenvalue weighted by atomic mass is 32.1. The third-order valence-electron chi connectivity index (χ3n) is 1.63. The van der Waals surface area contributed by atoms with E-state index in [4.69, 9.17) is 12.2 Å². The fourth-order valence-electron chi connectivity index (χ4n) is 0.939. The van der Waals surface area contributed by atoms with E-state index in [9.17, 15) is 9.18 Å². The predicted octanol–water partition coefficient (Wildman–Crippen LogP) is 1.94. The minimum absolute atomic E-state index is 0.182. The van der Waals surface area contributed by atoms with Gasteiger partial charge in [-0.3, -0.25) is 4.90 Å². The molecule has 0 aliphatic carbocycles. The van der Waals surface area contributed by atoms with E-state index < -0.39 is 5.98 Å². The molecule has 0 spiro atoms. The van der Waals surface area contributed by atoms with Crippen molar-refractivity contribution in [3.8, 4) is 0 Å². The molecule has 1 atom stereocenters. The lowest BCUT2D eigenvalue weighted by Gasteiger charge is -2.33. The highest BCUT2D eigenvalue weighted by Gasteiger charge is 2.34. The largest absolute Gasteiger partial charge is 0.421 e. The van der Waals surface area contributed by atoms with Crippen molar-refractivity contribution < 1.29 is 13.9 Å². The van der Waals surface area contributed by atoms with Gasteiger partial charge in [0.25, 0.3) is 0 Å². The Morgan fingerprint density at radius 1 is 1.86 bits per heavy atom. The standard InChI is InChI=1S/C9H13FNO2S/c1-4-6-11(8(14)5-2)9(3,10)13-7-12/h4H,1,5-6H2,2-3H3. The number of hydrogen-bond donors (Lipinski definition) is 0. The SMILES string of the molecule is C=CCN(C(=S)CC)C(C)(F)O[C]=O. The van der Waals surface area contributed by atoms with Gasteiger partial charge in [0, 0.05) is 13.5 Å². The zero-order chi connectivity index (χ0) is 11.2. The van der Waals surface area contributed by atoms with E-state index in [1.807, 2.05) is 0 Å². The number of nitrogens with zero attached hydrogens (tertiary/aromatic N) is 1. The maximum absolute atomic E-state index is 13.7. The van der Waals surface area contributed by atoms with E-state index in [0.717, 1.165) is 18.3 Å². The summed E-state index contributed by atoms with van der Waals surface area (Å²) in [5.74, 6) is -2.26. The Hall–Kier alpha value is -0.970. The summed E-state index contributed by atoms with van der Waals surface area (Å²) in [6.07, 6.45) is 1.97. The first-order valence-electron chi connectivity index (χ1n) is 4.15. The van der Waals surface area contributed by atoms with Crippen molar-refractivity contribution in [2.45, 2.75) is 26.2 Å². The summed E-state index contributed by atoms with van der Waals surface area (Å²) in [7, 11) is 0. The monoisotopic (exact) mass is 218 g/mol.